The molecule has 1 amide bonds. The Morgan fingerprint density at radius 3 is 2.61 bits per heavy atom. The van der Waals surface area contributed by atoms with Gasteiger partial charge in [0.1, 0.15) is 23.2 Å². The number of allylic oxidation sites excluding steroid dienone is 2. The Hall–Kier alpha value is -3.74. The molecule has 2 aromatic carbocycles. The molecule has 0 radical (unpaired) electrons. The fraction of sp³-hybridized carbons (Fsp3) is 0.208. The van der Waals surface area contributed by atoms with Gasteiger partial charge in [0, 0.05) is 23.4 Å². The van der Waals surface area contributed by atoms with E-state index in [2.05, 4.69) is 15.7 Å². The van der Waals surface area contributed by atoms with E-state index in [-0.39, 0.29) is 17.5 Å². The van der Waals surface area contributed by atoms with E-state index in [0.717, 1.165) is 23.2 Å². The summed E-state index contributed by atoms with van der Waals surface area (Å²) in [6, 6.07) is 13.1. The SMILES string of the molecule is Cc1ccc(NC(=O)c2cnn3c2NC2=C(C(=O)CCC2)[C@H]3c2ccc(F)cc2)cc1. The van der Waals surface area contributed by atoms with Crippen LogP contribution in [-0.4, -0.2) is 21.5 Å². The van der Waals surface area contributed by atoms with E-state index in [4.69, 9.17) is 0 Å². The van der Waals surface area contributed by atoms with Crippen molar-refractivity contribution in [3.05, 3.63) is 88.5 Å². The van der Waals surface area contributed by atoms with Gasteiger partial charge in [-0.1, -0.05) is 29.8 Å². The third-order valence-corrected chi connectivity index (χ3v) is 5.78. The minimum absolute atomic E-state index is 0.0508. The van der Waals surface area contributed by atoms with Crippen molar-refractivity contribution in [3.63, 3.8) is 0 Å². The summed E-state index contributed by atoms with van der Waals surface area (Å²) in [7, 11) is 0. The van der Waals surface area contributed by atoms with Gasteiger partial charge in [-0.2, -0.15) is 5.10 Å². The molecule has 1 atom stereocenters. The normalized spacial score (nSPS) is 17.6. The van der Waals surface area contributed by atoms with Gasteiger partial charge in [-0.3, -0.25) is 9.59 Å². The van der Waals surface area contributed by atoms with Crippen LogP contribution in [0.2, 0.25) is 0 Å². The van der Waals surface area contributed by atoms with Crippen LogP contribution < -0.4 is 10.6 Å². The van der Waals surface area contributed by atoms with Crippen LogP contribution in [0, 0.1) is 12.7 Å². The fourth-order valence-electron chi connectivity index (χ4n) is 4.21. The lowest BCUT2D eigenvalue weighted by Gasteiger charge is -2.33. The Labute approximate surface area is 178 Å². The maximum Gasteiger partial charge on any atom is 0.261 e. The number of nitrogens with one attached hydrogen (secondary N) is 2. The summed E-state index contributed by atoms with van der Waals surface area (Å²) < 4.78 is 15.2. The number of aromatic nitrogens is 2. The molecule has 1 aromatic heterocycles. The van der Waals surface area contributed by atoms with Crippen LogP contribution in [0.3, 0.4) is 0 Å². The second kappa shape index (κ2) is 7.50. The molecule has 6 nitrogen and oxygen atoms in total. The number of rotatable bonds is 3. The number of carbonyl (C=O) groups is 2. The molecule has 0 saturated carbocycles. The van der Waals surface area contributed by atoms with Crippen molar-refractivity contribution in [2.24, 2.45) is 0 Å². The summed E-state index contributed by atoms with van der Waals surface area (Å²) >= 11 is 0. The van der Waals surface area contributed by atoms with E-state index in [0.29, 0.717) is 35.5 Å². The minimum Gasteiger partial charge on any atom is -0.343 e. The Balaban J connectivity index is 1.56. The Bertz CT molecular complexity index is 1210. The van der Waals surface area contributed by atoms with Crippen LogP contribution in [-0.2, 0) is 4.79 Å². The average Bonchev–Trinajstić information content (AvgIpc) is 3.18. The van der Waals surface area contributed by atoms with Gasteiger partial charge >= 0.3 is 0 Å². The van der Waals surface area contributed by atoms with Gasteiger partial charge in [-0.25, -0.2) is 9.07 Å². The molecule has 0 fully saturated rings. The second-order valence-corrected chi connectivity index (χ2v) is 7.92. The number of halogens is 1. The molecule has 0 bridgehead atoms. The summed E-state index contributed by atoms with van der Waals surface area (Å²) in [4.78, 5) is 25.8. The van der Waals surface area contributed by atoms with Gasteiger partial charge in [0.05, 0.1) is 6.20 Å². The van der Waals surface area contributed by atoms with Crippen LogP contribution >= 0.6 is 0 Å². The predicted octanol–water partition coefficient (Wildman–Crippen LogP) is 4.60. The lowest BCUT2D eigenvalue weighted by atomic mass is 9.85. The number of hydrogen-bond donors (Lipinski definition) is 2. The standard InChI is InChI=1S/C24H21FN4O2/c1-14-5-11-17(12-6-14)27-24(31)18-13-26-29-22(15-7-9-16(25)10-8-15)21-19(28-23(18)29)3-2-4-20(21)30/h5-13,22,28H,2-4H2,1H3,(H,27,31)/t22-/m1/s1. The molecule has 0 unspecified atom stereocenters. The number of anilines is 2. The van der Waals surface area contributed by atoms with Gasteiger partial charge < -0.3 is 10.6 Å². The second-order valence-electron chi connectivity index (χ2n) is 7.92. The first-order valence-corrected chi connectivity index (χ1v) is 10.3. The number of aryl methyl sites for hydroxylation is 1. The minimum atomic E-state index is -0.499. The topological polar surface area (TPSA) is 76.0 Å². The highest BCUT2D eigenvalue weighted by molar-refractivity contribution is 6.08. The highest BCUT2D eigenvalue weighted by Gasteiger charge is 2.37. The highest BCUT2D eigenvalue weighted by atomic mass is 19.1. The molecule has 0 spiro atoms. The van der Waals surface area contributed by atoms with E-state index in [9.17, 15) is 14.0 Å². The highest BCUT2D eigenvalue weighted by Crippen LogP contribution is 2.41. The maximum atomic E-state index is 13.5. The number of Topliss-reactive ketones (excluding diaryl/α,β-unsaturated/α-hetero) is 1. The summed E-state index contributed by atoms with van der Waals surface area (Å²) in [6.07, 6.45) is 3.43. The van der Waals surface area contributed by atoms with Crippen molar-refractivity contribution < 1.29 is 14.0 Å². The first-order valence-electron chi connectivity index (χ1n) is 10.3. The van der Waals surface area contributed by atoms with Gasteiger partial charge in [0.25, 0.3) is 5.91 Å². The Kier molecular flexibility index (Phi) is 4.66. The van der Waals surface area contributed by atoms with Crippen molar-refractivity contribution in [1.29, 1.82) is 0 Å². The Morgan fingerprint density at radius 2 is 1.87 bits per heavy atom. The summed E-state index contributed by atoms with van der Waals surface area (Å²) in [6.45, 7) is 1.98. The third-order valence-electron chi connectivity index (χ3n) is 5.78. The fourth-order valence-corrected chi connectivity index (χ4v) is 4.21. The number of fused-ring (bicyclic) bond motifs is 1. The lowest BCUT2D eigenvalue weighted by molar-refractivity contribution is -0.116. The number of ketones is 1. The van der Waals surface area contributed by atoms with Crippen LogP contribution in [0.25, 0.3) is 0 Å². The van der Waals surface area contributed by atoms with Crippen LogP contribution in [0.4, 0.5) is 15.9 Å². The van der Waals surface area contributed by atoms with E-state index < -0.39 is 6.04 Å². The zero-order chi connectivity index (χ0) is 21.5. The maximum absolute atomic E-state index is 13.5. The first kappa shape index (κ1) is 19.2. The zero-order valence-electron chi connectivity index (χ0n) is 17.0. The van der Waals surface area contributed by atoms with E-state index in [1.54, 1.807) is 16.8 Å². The molecule has 5 rings (SSSR count). The summed E-state index contributed by atoms with van der Waals surface area (Å²) in [5, 5.41) is 10.6. The van der Waals surface area contributed by atoms with E-state index >= 15 is 0 Å². The average molecular weight is 416 g/mol. The molecule has 2 aliphatic rings. The van der Waals surface area contributed by atoms with Crippen molar-refractivity contribution >= 4 is 23.2 Å². The van der Waals surface area contributed by atoms with Gasteiger partial charge in [-0.05, 0) is 49.6 Å². The molecular weight excluding hydrogens is 395 g/mol. The number of carbonyl (C=O) groups excluding carboxylic acids is 2. The third kappa shape index (κ3) is 3.42. The molecule has 2 N–H and O–H groups in total. The predicted molar refractivity (Wildman–Crippen MR) is 115 cm³/mol. The Morgan fingerprint density at radius 1 is 1.13 bits per heavy atom. The molecule has 3 aromatic rings. The zero-order valence-corrected chi connectivity index (χ0v) is 17.0. The van der Waals surface area contributed by atoms with Crippen molar-refractivity contribution in [2.45, 2.75) is 32.2 Å². The van der Waals surface area contributed by atoms with E-state index in [1.807, 2.05) is 31.2 Å². The summed E-state index contributed by atoms with van der Waals surface area (Å²) in [5.41, 5.74) is 4.38. The number of benzene rings is 2. The van der Waals surface area contributed by atoms with Gasteiger partial charge in [0.15, 0.2) is 5.78 Å². The first-order chi connectivity index (χ1) is 15.0. The lowest BCUT2D eigenvalue weighted by Crippen LogP contribution is -2.32. The molecular formula is C24H21FN4O2. The largest absolute Gasteiger partial charge is 0.343 e. The van der Waals surface area contributed by atoms with Gasteiger partial charge in [0.2, 0.25) is 0 Å². The van der Waals surface area contributed by atoms with Crippen LogP contribution in [0.5, 0.6) is 0 Å². The molecule has 1 aliphatic carbocycles. The van der Waals surface area contributed by atoms with Crippen molar-refractivity contribution in [1.82, 2.24) is 9.78 Å². The van der Waals surface area contributed by atoms with Gasteiger partial charge in [-0.15, -0.1) is 0 Å². The van der Waals surface area contributed by atoms with Crippen molar-refractivity contribution in [3.8, 4) is 0 Å². The van der Waals surface area contributed by atoms with Crippen molar-refractivity contribution in [2.75, 3.05) is 10.6 Å². The number of hydrogen-bond acceptors (Lipinski definition) is 4. The number of nitrogens with zero attached hydrogens (tertiary/aromatic N) is 2. The van der Waals surface area contributed by atoms with Crippen LogP contribution in [0.1, 0.15) is 46.8 Å². The van der Waals surface area contributed by atoms with E-state index in [1.165, 1.54) is 18.3 Å². The molecule has 156 valence electrons. The quantitative estimate of drug-likeness (QED) is 0.654. The molecule has 0 saturated heterocycles. The molecule has 31 heavy (non-hydrogen) atoms. The summed E-state index contributed by atoms with van der Waals surface area (Å²) in [5.74, 6) is -0.0513. The molecule has 1 aliphatic heterocycles. The smallest absolute Gasteiger partial charge is 0.261 e. The van der Waals surface area contributed by atoms with Crippen LogP contribution in [0.15, 0.2) is 66.0 Å². The number of amides is 1. The molecule has 7 heteroatoms. The molecule has 2 heterocycles. The monoisotopic (exact) mass is 416 g/mol.